The maximum absolute atomic E-state index is 11.2. The van der Waals surface area contributed by atoms with E-state index in [2.05, 4.69) is 0 Å². The smallest absolute Gasteiger partial charge is 0.251 e. The summed E-state index contributed by atoms with van der Waals surface area (Å²) in [4.78, 5) is 22.4. The van der Waals surface area contributed by atoms with Gasteiger partial charge in [0.1, 0.15) is 5.75 Å². The van der Waals surface area contributed by atoms with Gasteiger partial charge in [-0.25, -0.2) is 0 Å². The largest absolute Gasteiger partial charge is 0.495 e. The molecule has 0 aromatic carbocycles. The Morgan fingerprint density at radius 3 is 1.64 bits per heavy atom. The number of hydrogen-bond donors (Lipinski definition) is 0. The lowest BCUT2D eigenvalue weighted by Gasteiger charge is -2.10. The molecule has 0 atom stereocenters. The summed E-state index contributed by atoms with van der Waals surface area (Å²) in [5, 5.41) is 0. The molecule has 25 heavy (non-hydrogen) atoms. The van der Waals surface area contributed by atoms with E-state index in [9.17, 15) is 9.59 Å². The molecule has 2 heterocycles. The minimum atomic E-state index is 0.00537. The van der Waals surface area contributed by atoms with Gasteiger partial charge in [-0.1, -0.05) is 19.9 Å². The van der Waals surface area contributed by atoms with Crippen molar-refractivity contribution in [2.45, 2.75) is 60.5 Å². The first kappa shape index (κ1) is 22.7. The third kappa shape index (κ3) is 7.42. The molecule has 0 unspecified atom stereocenters. The molecule has 0 amide bonds. The minimum absolute atomic E-state index is 0.00537. The molecule has 0 saturated carbocycles. The van der Waals surface area contributed by atoms with Crippen molar-refractivity contribution in [1.29, 1.82) is 0 Å². The molecule has 2 rings (SSSR count). The van der Waals surface area contributed by atoms with E-state index in [0.29, 0.717) is 5.75 Å². The fourth-order valence-electron chi connectivity index (χ4n) is 2.03. The van der Waals surface area contributed by atoms with E-state index >= 15 is 0 Å². The molecule has 140 valence electrons. The van der Waals surface area contributed by atoms with Crippen LogP contribution in [0.4, 0.5) is 0 Å². The number of aryl methyl sites for hydroxylation is 1. The normalized spacial score (nSPS) is 9.84. The molecule has 5 nitrogen and oxygen atoms in total. The van der Waals surface area contributed by atoms with E-state index in [-0.39, 0.29) is 23.2 Å². The van der Waals surface area contributed by atoms with E-state index in [4.69, 9.17) is 4.74 Å². The number of methoxy groups -OCH3 is 1. The number of rotatable bonds is 3. The highest BCUT2D eigenvalue weighted by molar-refractivity contribution is 5.16. The summed E-state index contributed by atoms with van der Waals surface area (Å²) in [6.45, 7) is 13.9. The molecule has 0 spiro atoms. The Hall–Kier alpha value is -2.30. The molecular weight excluding hydrogens is 316 g/mol. The van der Waals surface area contributed by atoms with Gasteiger partial charge in [-0.05, 0) is 46.2 Å². The second-order valence-corrected chi connectivity index (χ2v) is 5.95. The van der Waals surface area contributed by atoms with E-state index in [1.165, 1.54) is 6.07 Å². The van der Waals surface area contributed by atoms with Gasteiger partial charge in [0, 0.05) is 36.6 Å². The molecule has 0 saturated heterocycles. The van der Waals surface area contributed by atoms with Crippen LogP contribution in [-0.4, -0.2) is 16.2 Å². The zero-order valence-electron chi connectivity index (χ0n) is 16.7. The van der Waals surface area contributed by atoms with Crippen molar-refractivity contribution in [2.75, 3.05) is 7.11 Å². The Morgan fingerprint density at radius 2 is 1.24 bits per heavy atom. The van der Waals surface area contributed by atoms with Crippen molar-refractivity contribution >= 4 is 0 Å². The van der Waals surface area contributed by atoms with Crippen LogP contribution >= 0.6 is 0 Å². The Balaban J connectivity index is 0.000000421. The van der Waals surface area contributed by atoms with Crippen molar-refractivity contribution in [2.24, 2.45) is 0 Å². The van der Waals surface area contributed by atoms with Gasteiger partial charge in [-0.2, -0.15) is 0 Å². The zero-order valence-corrected chi connectivity index (χ0v) is 16.7. The van der Waals surface area contributed by atoms with Crippen molar-refractivity contribution in [3.63, 3.8) is 0 Å². The number of hydrogen-bond acceptors (Lipinski definition) is 3. The van der Waals surface area contributed by atoms with Gasteiger partial charge in [0.2, 0.25) is 0 Å². The number of nitrogens with zero attached hydrogens (tertiary/aromatic N) is 2. The average Bonchev–Trinajstić information content (AvgIpc) is 2.59. The predicted molar refractivity (Wildman–Crippen MR) is 105 cm³/mol. The number of pyridine rings is 2. The maximum Gasteiger partial charge on any atom is 0.251 e. The SMILES string of the molecule is CC.COc1ccc(=O)n(C(C)C)c1.Cc1ccc(=O)n(C(C)C)c1. The summed E-state index contributed by atoms with van der Waals surface area (Å²) < 4.78 is 8.37. The number of aromatic nitrogens is 2. The first-order valence-corrected chi connectivity index (χ1v) is 8.71. The first-order valence-electron chi connectivity index (χ1n) is 8.71. The molecule has 0 aliphatic carbocycles. The van der Waals surface area contributed by atoms with Crippen molar-refractivity contribution < 1.29 is 4.74 Å². The van der Waals surface area contributed by atoms with Crippen LogP contribution in [0.1, 0.15) is 59.2 Å². The van der Waals surface area contributed by atoms with Gasteiger partial charge in [0.15, 0.2) is 0 Å². The van der Waals surface area contributed by atoms with Crippen LogP contribution in [0.15, 0.2) is 46.2 Å². The molecule has 0 aliphatic rings. The van der Waals surface area contributed by atoms with Crippen LogP contribution in [-0.2, 0) is 0 Å². The maximum atomic E-state index is 11.2. The monoisotopic (exact) mass is 348 g/mol. The van der Waals surface area contributed by atoms with Gasteiger partial charge >= 0.3 is 0 Å². The second-order valence-electron chi connectivity index (χ2n) is 5.95. The highest BCUT2D eigenvalue weighted by Gasteiger charge is 2.01. The third-order valence-corrected chi connectivity index (χ3v) is 3.35. The van der Waals surface area contributed by atoms with E-state index < -0.39 is 0 Å². The molecule has 0 radical (unpaired) electrons. The zero-order chi connectivity index (χ0) is 19.6. The van der Waals surface area contributed by atoms with Crippen LogP contribution in [0.25, 0.3) is 0 Å². The topological polar surface area (TPSA) is 53.2 Å². The van der Waals surface area contributed by atoms with Crippen LogP contribution in [0.3, 0.4) is 0 Å². The van der Waals surface area contributed by atoms with Crippen LogP contribution in [0.2, 0.25) is 0 Å². The minimum Gasteiger partial charge on any atom is -0.495 e. The Labute approximate surface area is 150 Å². The molecule has 0 N–H and O–H groups in total. The van der Waals surface area contributed by atoms with Gasteiger partial charge in [-0.15, -0.1) is 0 Å². The lowest BCUT2D eigenvalue weighted by atomic mass is 10.3. The van der Waals surface area contributed by atoms with Gasteiger partial charge in [0.05, 0.1) is 7.11 Å². The molecule has 0 aliphatic heterocycles. The van der Waals surface area contributed by atoms with Crippen LogP contribution < -0.4 is 15.9 Å². The molecule has 0 bridgehead atoms. The van der Waals surface area contributed by atoms with Gasteiger partial charge in [0.25, 0.3) is 11.1 Å². The first-order chi connectivity index (χ1) is 11.8. The molecular formula is C20H32N2O3. The van der Waals surface area contributed by atoms with E-state index in [1.54, 1.807) is 34.6 Å². The Bertz CT molecular complexity index is 743. The molecule has 0 fully saturated rings. The van der Waals surface area contributed by atoms with Gasteiger partial charge in [-0.3, -0.25) is 9.59 Å². The number of ether oxygens (including phenoxy) is 1. The Morgan fingerprint density at radius 1 is 0.800 bits per heavy atom. The van der Waals surface area contributed by atoms with E-state index in [0.717, 1.165) is 5.56 Å². The lowest BCUT2D eigenvalue weighted by Crippen LogP contribution is -2.20. The predicted octanol–water partition coefficient (Wildman–Crippen LogP) is 4.20. The summed E-state index contributed by atoms with van der Waals surface area (Å²) in [7, 11) is 1.59. The summed E-state index contributed by atoms with van der Waals surface area (Å²) in [5.41, 5.74) is 1.20. The highest BCUT2D eigenvalue weighted by atomic mass is 16.5. The van der Waals surface area contributed by atoms with Crippen molar-refractivity contribution in [1.82, 2.24) is 9.13 Å². The van der Waals surface area contributed by atoms with Crippen LogP contribution in [0.5, 0.6) is 5.75 Å². The highest BCUT2D eigenvalue weighted by Crippen LogP contribution is 2.08. The third-order valence-electron chi connectivity index (χ3n) is 3.35. The van der Waals surface area contributed by atoms with Crippen molar-refractivity contribution in [3.8, 4) is 5.75 Å². The Kier molecular flexibility index (Phi) is 10.2. The fraction of sp³-hybridized carbons (Fsp3) is 0.500. The average molecular weight is 348 g/mol. The molecule has 2 aromatic heterocycles. The second kappa shape index (κ2) is 11.3. The van der Waals surface area contributed by atoms with Crippen molar-refractivity contribution in [3.05, 3.63) is 62.9 Å². The summed E-state index contributed by atoms with van der Waals surface area (Å²) >= 11 is 0. The van der Waals surface area contributed by atoms with E-state index in [1.807, 2.05) is 60.7 Å². The molecule has 5 heteroatoms. The lowest BCUT2D eigenvalue weighted by molar-refractivity contribution is 0.405. The summed E-state index contributed by atoms with van der Waals surface area (Å²) in [5.74, 6) is 0.711. The summed E-state index contributed by atoms with van der Waals surface area (Å²) in [6.07, 6.45) is 3.60. The fourth-order valence-corrected chi connectivity index (χ4v) is 2.03. The standard InChI is InChI=1S/C9H13NO2.C9H13NO.C2H6/c1-7(2)10-6-8(12-3)4-5-9(10)11;1-7(2)10-6-8(3)4-5-9(10)11;1-2/h4-7H,1-3H3;4-7H,1-3H3;1-2H3. The van der Waals surface area contributed by atoms with Gasteiger partial charge < -0.3 is 13.9 Å². The van der Waals surface area contributed by atoms with Crippen LogP contribution in [0, 0.1) is 6.92 Å². The summed E-state index contributed by atoms with van der Waals surface area (Å²) in [6, 6.07) is 7.05. The quantitative estimate of drug-likeness (QED) is 0.835. The molecule has 2 aromatic rings.